The van der Waals surface area contributed by atoms with Gasteiger partial charge in [-0.05, 0) is 25.5 Å². The predicted molar refractivity (Wildman–Crippen MR) is 65.5 cm³/mol. The monoisotopic (exact) mass is 267 g/mol. The first-order valence-electron chi connectivity index (χ1n) is 5.89. The Hall–Kier alpha value is -1.82. The van der Waals surface area contributed by atoms with Crippen LogP contribution in [0.25, 0.3) is 0 Å². The second-order valence-corrected chi connectivity index (χ2v) is 5.02. The van der Waals surface area contributed by atoms with Gasteiger partial charge in [-0.1, -0.05) is 11.2 Å². The van der Waals surface area contributed by atoms with Crippen molar-refractivity contribution in [2.24, 2.45) is 5.73 Å². The molecule has 2 aromatic rings. The van der Waals surface area contributed by atoms with Crippen molar-refractivity contribution in [3.05, 3.63) is 47.1 Å². The van der Waals surface area contributed by atoms with Crippen molar-refractivity contribution in [1.82, 2.24) is 10.1 Å². The molecule has 0 radical (unpaired) electrons. The van der Waals surface area contributed by atoms with Crippen molar-refractivity contribution >= 4 is 0 Å². The van der Waals surface area contributed by atoms with Crippen LogP contribution in [0.4, 0.5) is 8.78 Å². The highest BCUT2D eigenvalue weighted by molar-refractivity contribution is 5.22. The SMILES string of the molecule is CC(C)(CN)c1nc(Cc2ccc(F)cc2F)no1. The van der Waals surface area contributed by atoms with Crippen LogP contribution in [0.1, 0.15) is 31.1 Å². The minimum absolute atomic E-state index is 0.149. The zero-order chi connectivity index (χ0) is 14.0. The third-order valence-corrected chi connectivity index (χ3v) is 2.92. The van der Waals surface area contributed by atoms with Gasteiger partial charge in [0.2, 0.25) is 5.89 Å². The zero-order valence-corrected chi connectivity index (χ0v) is 10.8. The second-order valence-electron chi connectivity index (χ2n) is 5.02. The van der Waals surface area contributed by atoms with Crippen LogP contribution in [-0.2, 0) is 11.8 Å². The Morgan fingerprint density at radius 2 is 2.05 bits per heavy atom. The van der Waals surface area contributed by atoms with E-state index in [9.17, 15) is 8.78 Å². The summed E-state index contributed by atoms with van der Waals surface area (Å²) in [5, 5.41) is 3.79. The molecular weight excluding hydrogens is 252 g/mol. The molecule has 1 aromatic heterocycles. The summed E-state index contributed by atoms with van der Waals surface area (Å²) < 4.78 is 31.4. The lowest BCUT2D eigenvalue weighted by atomic mass is 9.94. The predicted octanol–water partition coefficient (Wildman–Crippen LogP) is 2.17. The third kappa shape index (κ3) is 2.96. The molecule has 19 heavy (non-hydrogen) atoms. The first-order chi connectivity index (χ1) is 8.92. The lowest BCUT2D eigenvalue weighted by Crippen LogP contribution is -2.28. The Bertz CT molecular complexity index is 581. The number of benzene rings is 1. The molecule has 0 unspecified atom stereocenters. The van der Waals surface area contributed by atoms with Crippen LogP contribution < -0.4 is 5.73 Å². The van der Waals surface area contributed by atoms with E-state index in [4.69, 9.17) is 10.3 Å². The van der Waals surface area contributed by atoms with Gasteiger partial charge in [-0.3, -0.25) is 0 Å². The van der Waals surface area contributed by atoms with E-state index in [0.717, 1.165) is 6.07 Å². The molecule has 0 fully saturated rings. The average molecular weight is 267 g/mol. The van der Waals surface area contributed by atoms with Gasteiger partial charge in [-0.25, -0.2) is 8.78 Å². The molecule has 6 heteroatoms. The van der Waals surface area contributed by atoms with E-state index in [0.29, 0.717) is 23.8 Å². The van der Waals surface area contributed by atoms with Gasteiger partial charge >= 0.3 is 0 Å². The highest BCUT2D eigenvalue weighted by Gasteiger charge is 2.26. The molecule has 1 aromatic carbocycles. The first kappa shape index (κ1) is 13.6. The first-order valence-corrected chi connectivity index (χ1v) is 5.89. The average Bonchev–Trinajstić information content (AvgIpc) is 2.82. The summed E-state index contributed by atoms with van der Waals surface area (Å²) in [4.78, 5) is 4.19. The number of rotatable bonds is 4. The Morgan fingerprint density at radius 1 is 1.32 bits per heavy atom. The molecular formula is C13H15F2N3O. The van der Waals surface area contributed by atoms with Crippen LogP contribution in [0, 0.1) is 11.6 Å². The number of aromatic nitrogens is 2. The van der Waals surface area contributed by atoms with Crippen LogP contribution in [0.5, 0.6) is 0 Å². The highest BCUT2D eigenvalue weighted by atomic mass is 19.1. The minimum Gasteiger partial charge on any atom is -0.339 e. The summed E-state index contributed by atoms with van der Waals surface area (Å²) in [6.07, 6.45) is 0.149. The second kappa shape index (κ2) is 5.05. The van der Waals surface area contributed by atoms with E-state index in [-0.39, 0.29) is 6.42 Å². The Labute approximate surface area is 109 Å². The van der Waals surface area contributed by atoms with Crippen LogP contribution >= 0.6 is 0 Å². The normalized spacial score (nSPS) is 11.8. The van der Waals surface area contributed by atoms with Crippen molar-refractivity contribution in [2.75, 3.05) is 6.54 Å². The van der Waals surface area contributed by atoms with Crippen LogP contribution in [-0.4, -0.2) is 16.7 Å². The smallest absolute Gasteiger partial charge is 0.233 e. The molecule has 0 aliphatic rings. The fourth-order valence-electron chi connectivity index (χ4n) is 1.52. The molecule has 1 heterocycles. The molecule has 0 amide bonds. The molecule has 0 spiro atoms. The Kier molecular flexibility index (Phi) is 3.61. The molecule has 2 rings (SSSR count). The van der Waals surface area contributed by atoms with Crippen LogP contribution in [0.2, 0.25) is 0 Å². The van der Waals surface area contributed by atoms with Gasteiger partial charge in [0.05, 0.1) is 5.41 Å². The van der Waals surface area contributed by atoms with Gasteiger partial charge < -0.3 is 10.3 Å². The number of halogens is 2. The van der Waals surface area contributed by atoms with Crippen molar-refractivity contribution in [1.29, 1.82) is 0 Å². The molecule has 0 bridgehead atoms. The summed E-state index contributed by atoms with van der Waals surface area (Å²) in [6.45, 7) is 4.12. The van der Waals surface area contributed by atoms with Crippen LogP contribution in [0.3, 0.4) is 0 Å². The topological polar surface area (TPSA) is 64.9 Å². The summed E-state index contributed by atoms with van der Waals surface area (Å²) >= 11 is 0. The lowest BCUT2D eigenvalue weighted by molar-refractivity contribution is 0.309. The maximum absolute atomic E-state index is 13.5. The Balaban J connectivity index is 2.20. The molecule has 0 aliphatic heterocycles. The van der Waals surface area contributed by atoms with Gasteiger partial charge in [0.15, 0.2) is 5.82 Å². The van der Waals surface area contributed by atoms with E-state index in [2.05, 4.69) is 10.1 Å². The summed E-state index contributed by atoms with van der Waals surface area (Å²) in [7, 11) is 0. The van der Waals surface area contributed by atoms with Gasteiger partial charge in [-0.15, -0.1) is 0 Å². The highest BCUT2D eigenvalue weighted by Crippen LogP contribution is 2.20. The van der Waals surface area contributed by atoms with Gasteiger partial charge in [0.1, 0.15) is 11.6 Å². The van der Waals surface area contributed by atoms with E-state index in [1.165, 1.54) is 12.1 Å². The van der Waals surface area contributed by atoms with Crippen molar-refractivity contribution in [3.8, 4) is 0 Å². The third-order valence-electron chi connectivity index (χ3n) is 2.92. The molecule has 0 saturated heterocycles. The largest absolute Gasteiger partial charge is 0.339 e. The maximum Gasteiger partial charge on any atom is 0.233 e. The van der Waals surface area contributed by atoms with E-state index < -0.39 is 17.0 Å². The van der Waals surface area contributed by atoms with Crippen LogP contribution in [0.15, 0.2) is 22.7 Å². The molecule has 102 valence electrons. The number of nitrogens with two attached hydrogens (primary N) is 1. The van der Waals surface area contributed by atoms with Crippen molar-refractivity contribution < 1.29 is 13.3 Å². The summed E-state index contributed by atoms with van der Waals surface area (Å²) in [5.74, 6) is -0.474. The van der Waals surface area contributed by atoms with Gasteiger partial charge in [0.25, 0.3) is 0 Å². The number of hydrogen-bond donors (Lipinski definition) is 1. The Morgan fingerprint density at radius 3 is 2.68 bits per heavy atom. The lowest BCUT2D eigenvalue weighted by Gasteiger charge is -2.15. The van der Waals surface area contributed by atoms with Crippen molar-refractivity contribution in [2.45, 2.75) is 25.7 Å². The standard InChI is InChI=1S/C13H15F2N3O/c1-13(2,7-16)12-17-11(18-19-12)5-8-3-4-9(14)6-10(8)15/h3-4,6H,5,7,16H2,1-2H3. The number of nitrogens with zero attached hydrogens (tertiary/aromatic N) is 2. The van der Waals surface area contributed by atoms with Crippen molar-refractivity contribution in [3.63, 3.8) is 0 Å². The quantitative estimate of drug-likeness (QED) is 0.922. The molecule has 0 atom stereocenters. The fraction of sp³-hybridized carbons (Fsp3) is 0.385. The molecule has 2 N–H and O–H groups in total. The molecule has 4 nitrogen and oxygen atoms in total. The van der Waals surface area contributed by atoms with Gasteiger partial charge in [-0.2, -0.15) is 4.98 Å². The van der Waals surface area contributed by atoms with E-state index in [1.807, 2.05) is 13.8 Å². The summed E-state index contributed by atoms with van der Waals surface area (Å²) in [5.41, 5.74) is 5.51. The summed E-state index contributed by atoms with van der Waals surface area (Å²) in [6, 6.07) is 3.40. The maximum atomic E-state index is 13.5. The fourth-order valence-corrected chi connectivity index (χ4v) is 1.52. The zero-order valence-electron chi connectivity index (χ0n) is 10.8. The minimum atomic E-state index is -0.621. The molecule has 0 aliphatic carbocycles. The van der Waals surface area contributed by atoms with Gasteiger partial charge in [0, 0.05) is 19.0 Å². The number of hydrogen-bond acceptors (Lipinski definition) is 4. The van der Waals surface area contributed by atoms with E-state index >= 15 is 0 Å². The van der Waals surface area contributed by atoms with E-state index in [1.54, 1.807) is 0 Å². The molecule has 0 saturated carbocycles.